The Morgan fingerprint density at radius 1 is 0.456 bits per heavy atom. The Morgan fingerprint density at radius 2 is 1.12 bits per heavy atom. The Labute approximate surface area is 398 Å². The maximum Gasteiger partial charge on any atom is 0.129 e. The topological polar surface area (TPSA) is 30.3 Å². The van der Waals surface area contributed by atoms with Crippen LogP contribution in [0.3, 0.4) is 0 Å². The summed E-state index contributed by atoms with van der Waals surface area (Å²) in [5, 5.41) is 2.28. The maximum atomic E-state index is 14.9. The van der Waals surface area contributed by atoms with Crippen LogP contribution in [0.2, 0.25) is 0 Å². The quantitative estimate of drug-likeness (QED) is 0.159. The van der Waals surface area contributed by atoms with Crippen molar-refractivity contribution in [3.63, 3.8) is 0 Å². The van der Waals surface area contributed by atoms with E-state index in [1.807, 2.05) is 54.5 Å². The lowest BCUT2D eigenvalue weighted by Gasteiger charge is -2.33. The van der Waals surface area contributed by atoms with Crippen LogP contribution in [0.5, 0.6) is 11.5 Å². The van der Waals surface area contributed by atoms with Gasteiger partial charge in [-0.05, 0) is 165 Å². The maximum absolute atomic E-state index is 14.9. The zero-order valence-electron chi connectivity index (χ0n) is 37.3. The summed E-state index contributed by atoms with van der Waals surface area (Å²) in [5.41, 5.74) is 17.5. The van der Waals surface area contributed by atoms with Crippen LogP contribution in [0.4, 0.5) is 21.5 Å². The van der Waals surface area contributed by atoms with E-state index in [0.717, 1.165) is 101 Å². The van der Waals surface area contributed by atoms with E-state index in [-0.39, 0.29) is 5.82 Å². The van der Waals surface area contributed by atoms with Crippen LogP contribution < -0.4 is 9.64 Å². The number of halogens is 1. The fraction of sp³-hybridized carbons (Fsp3) is 0.0484. The molecule has 13 rings (SSSR count). The summed E-state index contributed by atoms with van der Waals surface area (Å²) in [6.07, 6.45) is 3.69. The normalized spacial score (nSPS) is 13.2. The van der Waals surface area contributed by atoms with Gasteiger partial charge in [0, 0.05) is 55.8 Å². The molecular formula is C62H42FN3OS. The van der Waals surface area contributed by atoms with Gasteiger partial charge >= 0.3 is 0 Å². The molecule has 1 aliphatic carbocycles. The highest BCUT2D eigenvalue weighted by Gasteiger charge is 2.37. The Morgan fingerprint density at radius 3 is 1.99 bits per heavy atom. The zero-order chi connectivity index (χ0) is 45.5. The minimum atomic E-state index is -0.391. The van der Waals surface area contributed by atoms with Crippen molar-refractivity contribution >= 4 is 50.6 Å². The Bertz CT molecular complexity index is 3790. The molecule has 2 aliphatic rings. The number of pyridine rings is 1. The number of fused-ring (bicyclic) bond motifs is 8. The number of hydrogen-bond donors (Lipinski definition) is 0. The standard InChI is InChI=1S/C62H42FN3OS/c1-62(2)54-35-45(63)22-25-50(54)51-37-53-52-33-43(44-21-27-58-61(34-44)68-60-17-7-6-16-57(60)66(58)46-13-8-12-42(32-46)41-28-30-64-31-29-41)20-26-56(52)65(59(53)38-55(51)62)47-14-9-15-49(36-47)67-48-23-18-40(19-24-48)39-10-4-3-5-11-39/h3-38H,1-2H3. The molecule has 11 aromatic rings. The third-order valence-electron chi connectivity index (χ3n) is 13.8. The molecule has 68 heavy (non-hydrogen) atoms. The van der Waals surface area contributed by atoms with Gasteiger partial charge in [-0.15, -0.1) is 0 Å². The highest BCUT2D eigenvalue weighted by Crippen LogP contribution is 2.54. The number of hydrogen-bond acceptors (Lipinski definition) is 4. The van der Waals surface area contributed by atoms with Crippen molar-refractivity contribution in [2.45, 2.75) is 29.1 Å². The average Bonchev–Trinajstić information content (AvgIpc) is 3.81. The molecule has 0 saturated heterocycles. The highest BCUT2D eigenvalue weighted by atomic mass is 32.2. The molecule has 2 aromatic heterocycles. The average molecular weight is 896 g/mol. The summed E-state index contributed by atoms with van der Waals surface area (Å²) in [7, 11) is 0. The third-order valence-corrected chi connectivity index (χ3v) is 14.9. The molecule has 1 aliphatic heterocycles. The second-order valence-electron chi connectivity index (χ2n) is 18.2. The van der Waals surface area contributed by atoms with Gasteiger partial charge in [-0.1, -0.05) is 117 Å². The second kappa shape index (κ2) is 15.7. The van der Waals surface area contributed by atoms with E-state index in [9.17, 15) is 4.39 Å². The molecule has 324 valence electrons. The summed E-state index contributed by atoms with van der Waals surface area (Å²) >= 11 is 1.81. The predicted molar refractivity (Wildman–Crippen MR) is 278 cm³/mol. The number of aromatic nitrogens is 2. The van der Waals surface area contributed by atoms with Crippen molar-refractivity contribution < 1.29 is 9.13 Å². The van der Waals surface area contributed by atoms with Gasteiger partial charge in [-0.25, -0.2) is 4.39 Å². The Balaban J connectivity index is 0.934. The summed E-state index contributed by atoms with van der Waals surface area (Å²) in [4.78, 5) is 9.03. The summed E-state index contributed by atoms with van der Waals surface area (Å²) in [6.45, 7) is 4.41. The monoisotopic (exact) mass is 895 g/mol. The molecule has 0 spiro atoms. The van der Waals surface area contributed by atoms with Crippen LogP contribution >= 0.6 is 11.8 Å². The summed E-state index contributed by atoms with van der Waals surface area (Å²) in [5.74, 6) is 1.30. The number of ether oxygens (including phenoxy) is 1. The van der Waals surface area contributed by atoms with Crippen molar-refractivity contribution in [2.75, 3.05) is 4.90 Å². The van der Waals surface area contributed by atoms with Crippen LogP contribution in [0.1, 0.15) is 25.0 Å². The minimum Gasteiger partial charge on any atom is -0.457 e. The van der Waals surface area contributed by atoms with E-state index >= 15 is 0 Å². The lowest BCUT2D eigenvalue weighted by Crippen LogP contribution is -2.15. The number of benzene rings is 9. The van der Waals surface area contributed by atoms with Gasteiger partial charge in [-0.3, -0.25) is 4.98 Å². The molecule has 0 bridgehead atoms. The lowest BCUT2D eigenvalue weighted by atomic mass is 9.82. The molecule has 9 aromatic carbocycles. The van der Waals surface area contributed by atoms with Gasteiger partial charge in [-0.2, -0.15) is 0 Å². The first kappa shape index (κ1) is 40.1. The molecule has 0 unspecified atom stereocenters. The van der Waals surface area contributed by atoms with Gasteiger partial charge in [0.15, 0.2) is 0 Å². The zero-order valence-corrected chi connectivity index (χ0v) is 38.1. The van der Waals surface area contributed by atoms with Gasteiger partial charge in [0.25, 0.3) is 0 Å². The number of nitrogens with zero attached hydrogens (tertiary/aromatic N) is 3. The molecular weight excluding hydrogens is 854 g/mol. The van der Waals surface area contributed by atoms with E-state index in [4.69, 9.17) is 4.74 Å². The summed E-state index contributed by atoms with van der Waals surface area (Å²) < 4.78 is 23.8. The van der Waals surface area contributed by atoms with Crippen molar-refractivity contribution in [2.24, 2.45) is 0 Å². The minimum absolute atomic E-state index is 0.214. The number of rotatable bonds is 7. The summed E-state index contributed by atoms with van der Waals surface area (Å²) in [6, 6.07) is 72.1. The van der Waals surface area contributed by atoms with Gasteiger partial charge < -0.3 is 14.2 Å². The third kappa shape index (κ3) is 6.63. The number of para-hydroxylation sites is 1. The van der Waals surface area contributed by atoms with E-state index in [1.165, 1.54) is 20.9 Å². The molecule has 0 radical (unpaired) electrons. The van der Waals surface area contributed by atoms with Crippen molar-refractivity contribution in [3.05, 3.63) is 236 Å². The van der Waals surface area contributed by atoms with E-state index in [2.05, 4.69) is 192 Å². The SMILES string of the molecule is CC1(C)c2cc(F)ccc2-c2cc3c4cc(-c5ccc6c(c5)Sc5ccccc5N6c5cccc(-c6ccncc6)c5)ccc4n(-c4cccc(Oc5ccc(-c6ccccc6)cc5)c4)c3cc21. The first-order valence-corrected chi connectivity index (χ1v) is 23.7. The molecule has 3 heterocycles. The molecule has 0 fully saturated rings. The molecule has 0 atom stereocenters. The Hall–Kier alpha value is -8.19. The largest absolute Gasteiger partial charge is 0.457 e. The number of anilines is 3. The van der Waals surface area contributed by atoms with Gasteiger partial charge in [0.2, 0.25) is 0 Å². The molecule has 0 saturated carbocycles. The van der Waals surface area contributed by atoms with Gasteiger partial charge in [0.05, 0.1) is 22.4 Å². The molecule has 0 amide bonds. The van der Waals surface area contributed by atoms with Crippen LogP contribution in [0, 0.1) is 5.82 Å². The van der Waals surface area contributed by atoms with E-state index in [0.29, 0.717) is 0 Å². The van der Waals surface area contributed by atoms with Crippen LogP contribution in [-0.4, -0.2) is 9.55 Å². The predicted octanol–water partition coefficient (Wildman–Crippen LogP) is 17.4. The first-order valence-electron chi connectivity index (χ1n) is 22.9. The highest BCUT2D eigenvalue weighted by molar-refractivity contribution is 7.99. The van der Waals surface area contributed by atoms with E-state index in [1.54, 1.807) is 12.1 Å². The second-order valence-corrected chi connectivity index (χ2v) is 19.2. The van der Waals surface area contributed by atoms with Crippen molar-refractivity contribution in [1.29, 1.82) is 0 Å². The molecule has 6 heteroatoms. The van der Waals surface area contributed by atoms with Crippen LogP contribution in [0.25, 0.3) is 72.0 Å². The van der Waals surface area contributed by atoms with E-state index < -0.39 is 5.41 Å². The molecule has 4 nitrogen and oxygen atoms in total. The first-order chi connectivity index (χ1) is 33.3. The fourth-order valence-corrected chi connectivity index (χ4v) is 11.5. The Kier molecular flexibility index (Phi) is 9.27. The van der Waals surface area contributed by atoms with Crippen LogP contribution in [-0.2, 0) is 5.41 Å². The molecule has 0 N–H and O–H groups in total. The smallest absolute Gasteiger partial charge is 0.129 e. The van der Waals surface area contributed by atoms with Crippen LogP contribution in [0.15, 0.2) is 228 Å². The van der Waals surface area contributed by atoms with Crippen molar-refractivity contribution in [1.82, 2.24) is 9.55 Å². The fourth-order valence-electron chi connectivity index (χ4n) is 10.4. The van der Waals surface area contributed by atoms with Gasteiger partial charge in [0.1, 0.15) is 17.3 Å². The lowest BCUT2D eigenvalue weighted by molar-refractivity contribution is 0.482. The van der Waals surface area contributed by atoms with Crippen molar-refractivity contribution in [3.8, 4) is 61.7 Å².